The number of aromatic nitrogens is 1. The van der Waals surface area contributed by atoms with Crippen LogP contribution in [0.3, 0.4) is 0 Å². The van der Waals surface area contributed by atoms with E-state index in [-0.39, 0.29) is 31.5 Å². The summed E-state index contributed by atoms with van der Waals surface area (Å²) in [6.07, 6.45) is 1.59. The van der Waals surface area contributed by atoms with E-state index in [0.717, 1.165) is 0 Å². The van der Waals surface area contributed by atoms with E-state index < -0.39 is 0 Å². The number of carbonyl (C=O) groups is 1. The highest BCUT2D eigenvalue weighted by molar-refractivity contribution is 5.77. The molecule has 6 heteroatoms. The largest absolute Gasteiger partial charge is 0.465 e. The molecule has 0 radical (unpaired) electrons. The number of ether oxygens (including phenoxy) is 1. The maximum absolute atomic E-state index is 11.7. The fourth-order valence-corrected chi connectivity index (χ4v) is 1.23. The highest BCUT2D eigenvalue weighted by Gasteiger charge is 2.13. The summed E-state index contributed by atoms with van der Waals surface area (Å²) in [6.45, 7) is 5.67. The van der Waals surface area contributed by atoms with Gasteiger partial charge in [0.05, 0.1) is 6.61 Å². The van der Waals surface area contributed by atoms with Crippen molar-refractivity contribution in [2.24, 2.45) is 0 Å². The minimum absolute atomic E-state index is 0.0946. The van der Waals surface area contributed by atoms with Crippen LogP contribution < -0.4 is 4.74 Å². The van der Waals surface area contributed by atoms with Crippen molar-refractivity contribution >= 4 is 5.91 Å². The van der Waals surface area contributed by atoms with Crippen LogP contribution in [0.25, 0.3) is 0 Å². The Morgan fingerprint density at radius 3 is 3.06 bits per heavy atom. The lowest BCUT2D eigenvalue weighted by atomic mass is 10.4. The molecule has 0 aliphatic heterocycles. The standard InChI is InChI=1S/C11H16N2O4/c1-3-4-13(5-6-14)11(15)8-16-10-7-9(2)17-12-10/h3,7,14H,1,4-6,8H2,2H3. The number of aliphatic hydroxyl groups excluding tert-OH is 1. The van der Waals surface area contributed by atoms with E-state index in [0.29, 0.717) is 12.3 Å². The number of hydrogen-bond donors (Lipinski definition) is 1. The summed E-state index contributed by atoms with van der Waals surface area (Å²) in [5.41, 5.74) is 0. The molecule has 0 saturated carbocycles. The Kier molecular flexibility index (Phi) is 5.22. The summed E-state index contributed by atoms with van der Waals surface area (Å²) in [6, 6.07) is 1.59. The van der Waals surface area contributed by atoms with Crippen molar-refractivity contribution in [3.8, 4) is 5.88 Å². The van der Waals surface area contributed by atoms with Gasteiger partial charge in [-0.05, 0) is 12.1 Å². The van der Waals surface area contributed by atoms with Crippen LogP contribution in [0.1, 0.15) is 5.76 Å². The normalized spacial score (nSPS) is 10.0. The number of aliphatic hydroxyl groups is 1. The third-order valence-electron chi connectivity index (χ3n) is 2.02. The lowest BCUT2D eigenvalue weighted by Gasteiger charge is -2.19. The second-order valence-electron chi connectivity index (χ2n) is 3.42. The summed E-state index contributed by atoms with van der Waals surface area (Å²) in [5.74, 6) is 0.656. The molecule has 0 saturated heterocycles. The van der Waals surface area contributed by atoms with Crippen LogP contribution in [-0.4, -0.2) is 47.4 Å². The molecule has 1 rings (SSSR count). The van der Waals surface area contributed by atoms with Crippen LogP contribution >= 0.6 is 0 Å². The fourth-order valence-electron chi connectivity index (χ4n) is 1.23. The van der Waals surface area contributed by atoms with Gasteiger partial charge >= 0.3 is 0 Å². The first-order valence-corrected chi connectivity index (χ1v) is 5.23. The van der Waals surface area contributed by atoms with E-state index in [1.165, 1.54) is 4.90 Å². The summed E-state index contributed by atoms with van der Waals surface area (Å²) in [5, 5.41) is 12.4. The molecule has 0 aliphatic carbocycles. The Morgan fingerprint density at radius 1 is 1.76 bits per heavy atom. The van der Waals surface area contributed by atoms with Crippen LogP contribution in [0.5, 0.6) is 5.88 Å². The van der Waals surface area contributed by atoms with Gasteiger partial charge in [-0.3, -0.25) is 4.79 Å². The second kappa shape index (κ2) is 6.70. The fraction of sp³-hybridized carbons (Fsp3) is 0.455. The van der Waals surface area contributed by atoms with Gasteiger partial charge in [0.15, 0.2) is 6.61 Å². The van der Waals surface area contributed by atoms with E-state index in [2.05, 4.69) is 11.7 Å². The van der Waals surface area contributed by atoms with Crippen LogP contribution in [0.4, 0.5) is 0 Å². The van der Waals surface area contributed by atoms with Crippen LogP contribution in [0, 0.1) is 6.92 Å². The maximum atomic E-state index is 11.7. The van der Waals surface area contributed by atoms with Gasteiger partial charge in [-0.15, -0.1) is 6.58 Å². The number of hydrogen-bond acceptors (Lipinski definition) is 5. The molecule has 0 unspecified atom stereocenters. The summed E-state index contributed by atoms with van der Waals surface area (Å²) in [4.78, 5) is 13.1. The average Bonchev–Trinajstić information content (AvgIpc) is 2.72. The minimum Gasteiger partial charge on any atom is -0.465 e. The van der Waals surface area contributed by atoms with Crippen LogP contribution in [-0.2, 0) is 4.79 Å². The molecule has 1 heterocycles. The maximum Gasteiger partial charge on any atom is 0.260 e. The van der Waals surface area contributed by atoms with Crippen molar-refractivity contribution in [1.82, 2.24) is 10.1 Å². The number of aryl methyl sites for hydroxylation is 1. The number of rotatable bonds is 7. The second-order valence-corrected chi connectivity index (χ2v) is 3.42. The van der Waals surface area contributed by atoms with Gasteiger partial charge in [-0.1, -0.05) is 6.08 Å². The highest BCUT2D eigenvalue weighted by Crippen LogP contribution is 2.09. The van der Waals surface area contributed by atoms with Crippen LogP contribution in [0.2, 0.25) is 0 Å². The molecule has 0 atom stereocenters. The van der Waals surface area contributed by atoms with Gasteiger partial charge in [-0.2, -0.15) is 0 Å². The van der Waals surface area contributed by atoms with E-state index in [4.69, 9.17) is 14.4 Å². The van der Waals surface area contributed by atoms with E-state index in [1.54, 1.807) is 19.1 Å². The Morgan fingerprint density at radius 2 is 2.53 bits per heavy atom. The molecule has 0 aromatic carbocycles. The van der Waals surface area contributed by atoms with E-state index in [9.17, 15) is 4.79 Å². The lowest BCUT2D eigenvalue weighted by molar-refractivity contribution is -0.133. The average molecular weight is 240 g/mol. The molecule has 6 nitrogen and oxygen atoms in total. The predicted molar refractivity (Wildman–Crippen MR) is 60.6 cm³/mol. The molecule has 17 heavy (non-hydrogen) atoms. The Bertz CT molecular complexity index is 375. The van der Waals surface area contributed by atoms with Crippen molar-refractivity contribution in [2.75, 3.05) is 26.3 Å². The third kappa shape index (κ3) is 4.28. The van der Waals surface area contributed by atoms with Crippen molar-refractivity contribution in [3.63, 3.8) is 0 Å². The molecule has 0 fully saturated rings. The number of amides is 1. The molecule has 0 spiro atoms. The number of carbonyl (C=O) groups excluding carboxylic acids is 1. The predicted octanol–water partition coefficient (Wildman–Crippen LogP) is 0.369. The van der Waals surface area contributed by atoms with Gasteiger partial charge in [0, 0.05) is 19.2 Å². The molecule has 1 amide bonds. The summed E-state index contributed by atoms with van der Waals surface area (Å²) >= 11 is 0. The van der Waals surface area contributed by atoms with E-state index in [1.807, 2.05) is 0 Å². The smallest absolute Gasteiger partial charge is 0.260 e. The highest BCUT2D eigenvalue weighted by atomic mass is 16.5. The van der Waals surface area contributed by atoms with Gasteiger partial charge in [0.1, 0.15) is 5.76 Å². The molecule has 94 valence electrons. The van der Waals surface area contributed by atoms with Crippen molar-refractivity contribution in [1.29, 1.82) is 0 Å². The van der Waals surface area contributed by atoms with Gasteiger partial charge < -0.3 is 19.3 Å². The molecular weight excluding hydrogens is 224 g/mol. The molecule has 1 N–H and O–H groups in total. The first-order valence-electron chi connectivity index (χ1n) is 5.23. The van der Waals surface area contributed by atoms with Gasteiger partial charge in [0.2, 0.25) is 0 Å². The Labute approximate surface area is 99.5 Å². The zero-order valence-corrected chi connectivity index (χ0v) is 9.76. The minimum atomic E-state index is -0.236. The Hall–Kier alpha value is -1.82. The first-order chi connectivity index (χ1) is 8.17. The topological polar surface area (TPSA) is 75.8 Å². The zero-order valence-electron chi connectivity index (χ0n) is 9.76. The SMILES string of the molecule is C=CCN(CCO)C(=O)COc1cc(C)on1. The van der Waals surface area contributed by atoms with Crippen molar-refractivity contribution in [3.05, 3.63) is 24.5 Å². The van der Waals surface area contributed by atoms with Crippen molar-refractivity contribution < 1.29 is 19.2 Å². The molecule has 1 aromatic rings. The van der Waals surface area contributed by atoms with E-state index >= 15 is 0 Å². The molecular formula is C11H16N2O4. The number of nitrogens with zero attached hydrogens (tertiary/aromatic N) is 2. The quantitative estimate of drug-likeness (QED) is 0.697. The summed E-state index contributed by atoms with van der Waals surface area (Å²) in [7, 11) is 0. The first kappa shape index (κ1) is 13.2. The molecule has 1 aromatic heterocycles. The third-order valence-corrected chi connectivity index (χ3v) is 2.02. The van der Waals surface area contributed by atoms with Crippen LogP contribution in [0.15, 0.2) is 23.2 Å². The molecule has 0 aliphatic rings. The Balaban J connectivity index is 2.43. The van der Waals surface area contributed by atoms with Gasteiger partial charge in [0.25, 0.3) is 11.8 Å². The van der Waals surface area contributed by atoms with Gasteiger partial charge in [-0.25, -0.2) is 0 Å². The monoisotopic (exact) mass is 240 g/mol. The molecule has 0 bridgehead atoms. The zero-order chi connectivity index (χ0) is 12.7. The van der Waals surface area contributed by atoms with Crippen molar-refractivity contribution in [2.45, 2.75) is 6.92 Å². The lowest BCUT2D eigenvalue weighted by Crippen LogP contribution is -2.37. The summed E-state index contributed by atoms with van der Waals surface area (Å²) < 4.78 is 9.95.